The zero-order valence-corrected chi connectivity index (χ0v) is 16.4. The summed E-state index contributed by atoms with van der Waals surface area (Å²) in [6.07, 6.45) is -8.48. The predicted molar refractivity (Wildman–Crippen MR) is 99.2 cm³/mol. The van der Waals surface area contributed by atoms with Crippen molar-refractivity contribution in [3.05, 3.63) is 47.3 Å². The summed E-state index contributed by atoms with van der Waals surface area (Å²) in [5.41, 5.74) is -1.43. The number of rotatable bonds is 1. The number of alkyl halides is 6. The molecular weight excluding hydrogens is 412 g/mol. The summed E-state index contributed by atoms with van der Waals surface area (Å²) in [5, 5.41) is 4.08. The maximum Gasteiger partial charge on any atom is 0.417 e. The van der Waals surface area contributed by atoms with E-state index in [2.05, 4.69) is 15.1 Å². The van der Waals surface area contributed by atoms with Crippen LogP contribution in [0.1, 0.15) is 30.7 Å². The minimum atomic E-state index is -4.59. The van der Waals surface area contributed by atoms with Gasteiger partial charge in [0.1, 0.15) is 5.52 Å². The van der Waals surface area contributed by atoms with Gasteiger partial charge in [0.05, 0.1) is 22.3 Å². The summed E-state index contributed by atoms with van der Waals surface area (Å²) in [5.74, 6) is 0.0589. The number of hydrogen-bond donors (Lipinski definition) is 0. The molecule has 160 valence electrons. The Labute approximate surface area is 167 Å². The zero-order chi connectivity index (χ0) is 22.4. The summed E-state index contributed by atoms with van der Waals surface area (Å²) in [6, 6.07) is 4.46. The van der Waals surface area contributed by atoms with Crippen LogP contribution < -0.4 is 0 Å². The average Bonchev–Trinajstić information content (AvgIpc) is 3.19. The lowest BCUT2D eigenvalue weighted by Gasteiger charge is -2.08. The molecule has 0 fully saturated rings. The Bertz CT molecular complexity index is 1220. The van der Waals surface area contributed by atoms with Crippen LogP contribution in [0.3, 0.4) is 0 Å². The summed E-state index contributed by atoms with van der Waals surface area (Å²) in [6.45, 7) is 5.44. The number of fused-ring (bicyclic) bond motifs is 2. The van der Waals surface area contributed by atoms with Gasteiger partial charge in [-0.05, 0) is 25.1 Å². The van der Waals surface area contributed by atoms with Crippen LogP contribution in [0, 0.1) is 6.92 Å². The van der Waals surface area contributed by atoms with Crippen molar-refractivity contribution in [2.45, 2.75) is 33.1 Å². The van der Waals surface area contributed by atoms with Gasteiger partial charge in [-0.1, -0.05) is 19.9 Å². The second-order valence-corrected chi connectivity index (χ2v) is 6.23. The van der Waals surface area contributed by atoms with E-state index >= 15 is 0 Å². The molecule has 1 aromatic carbocycles. The highest BCUT2D eigenvalue weighted by molar-refractivity contribution is 5.86. The van der Waals surface area contributed by atoms with E-state index in [0.29, 0.717) is 6.20 Å². The normalized spacial score (nSPS) is 12.3. The van der Waals surface area contributed by atoms with Gasteiger partial charge in [-0.15, -0.1) is 0 Å². The lowest BCUT2D eigenvalue weighted by molar-refractivity contribution is -0.138. The molecule has 0 aliphatic rings. The van der Waals surface area contributed by atoms with E-state index in [4.69, 9.17) is 0 Å². The molecule has 11 heteroatoms. The summed E-state index contributed by atoms with van der Waals surface area (Å²) < 4.78 is 81.3. The Morgan fingerprint density at radius 3 is 2.20 bits per heavy atom. The first kappa shape index (κ1) is 21.6. The fraction of sp³-hybridized carbons (Fsp3) is 0.316. The molecule has 0 saturated carbocycles. The maximum absolute atomic E-state index is 13.3. The highest BCUT2D eigenvalue weighted by atomic mass is 19.4. The van der Waals surface area contributed by atoms with Crippen molar-refractivity contribution in [2.75, 3.05) is 0 Å². The molecule has 0 aliphatic carbocycles. The Balaban J connectivity index is 0.00000124. The van der Waals surface area contributed by atoms with Crippen molar-refractivity contribution in [3.8, 4) is 5.95 Å². The minimum absolute atomic E-state index is 0.0395. The van der Waals surface area contributed by atoms with Gasteiger partial charge in [0.25, 0.3) is 0 Å². The molecule has 4 aromatic rings. The smallest absolute Gasteiger partial charge is 0.296 e. The second-order valence-electron chi connectivity index (χ2n) is 6.23. The molecule has 0 amide bonds. The number of hydrogen-bond acceptors (Lipinski definition) is 3. The molecule has 0 N–H and O–H groups in total. The first-order valence-corrected chi connectivity index (χ1v) is 8.94. The van der Waals surface area contributed by atoms with Crippen LogP contribution in [0.4, 0.5) is 26.3 Å². The molecule has 5 nitrogen and oxygen atoms in total. The van der Waals surface area contributed by atoms with Crippen LogP contribution in [0.25, 0.3) is 28.0 Å². The number of aryl methyl sites for hydroxylation is 2. The van der Waals surface area contributed by atoms with Gasteiger partial charge in [-0.2, -0.15) is 31.4 Å². The van der Waals surface area contributed by atoms with Gasteiger partial charge >= 0.3 is 12.4 Å². The van der Waals surface area contributed by atoms with Crippen LogP contribution in [0.15, 0.2) is 30.5 Å². The van der Waals surface area contributed by atoms with Crippen molar-refractivity contribution < 1.29 is 26.3 Å². The first-order valence-electron chi connectivity index (χ1n) is 8.94. The lowest BCUT2D eigenvalue weighted by atomic mass is 10.1. The average molecular weight is 429 g/mol. The van der Waals surface area contributed by atoms with Gasteiger partial charge in [0.15, 0.2) is 5.65 Å². The quantitative estimate of drug-likeness (QED) is 0.366. The van der Waals surface area contributed by atoms with E-state index in [1.807, 2.05) is 13.8 Å². The third-order valence-electron chi connectivity index (χ3n) is 4.44. The number of imidazole rings is 1. The topological polar surface area (TPSA) is 48.5 Å². The molecule has 0 spiro atoms. The van der Waals surface area contributed by atoms with Crippen LogP contribution >= 0.6 is 0 Å². The molecular formula is C19H17F6N5. The molecule has 4 rings (SSSR count). The zero-order valence-electron chi connectivity index (χ0n) is 16.4. The fourth-order valence-corrected chi connectivity index (χ4v) is 3.13. The van der Waals surface area contributed by atoms with Crippen molar-refractivity contribution in [1.29, 1.82) is 0 Å². The van der Waals surface area contributed by atoms with Gasteiger partial charge in [0, 0.05) is 18.6 Å². The molecule has 3 heterocycles. The lowest BCUT2D eigenvalue weighted by Crippen LogP contribution is -2.08. The van der Waals surface area contributed by atoms with E-state index in [9.17, 15) is 26.3 Å². The van der Waals surface area contributed by atoms with Crippen LogP contribution in [-0.2, 0) is 19.4 Å². The standard InChI is InChI=1S/C17H11F6N5.C2H6/c1-8-13-10(17(21,22)23)4-3-5-11(13)26-28(8)15-25-12-6-9(16(18,19)20)7-24-14(12)27(15)2;1-2/h3-7H,1-2H3;1-2H3. The molecule has 0 bridgehead atoms. The SMILES string of the molecule is CC.Cc1c2c(C(F)(F)F)cccc2nn1-c1nc2cc(C(F)(F)F)cnc2n1C. The monoisotopic (exact) mass is 429 g/mol. The number of pyridine rings is 1. The maximum atomic E-state index is 13.3. The number of halogens is 6. The van der Waals surface area contributed by atoms with Crippen molar-refractivity contribution in [3.63, 3.8) is 0 Å². The fourth-order valence-electron chi connectivity index (χ4n) is 3.13. The van der Waals surface area contributed by atoms with E-state index < -0.39 is 23.5 Å². The van der Waals surface area contributed by atoms with Gasteiger partial charge < -0.3 is 0 Å². The van der Waals surface area contributed by atoms with Crippen LogP contribution in [0.5, 0.6) is 0 Å². The van der Waals surface area contributed by atoms with E-state index in [1.54, 1.807) is 0 Å². The molecule has 0 aliphatic heterocycles. The largest absolute Gasteiger partial charge is 0.417 e. The Kier molecular flexibility index (Phi) is 5.25. The highest BCUT2D eigenvalue weighted by Crippen LogP contribution is 2.37. The van der Waals surface area contributed by atoms with E-state index in [1.165, 1.54) is 35.4 Å². The summed E-state index contributed by atoms with van der Waals surface area (Å²) in [7, 11) is 1.50. The number of aromatic nitrogens is 5. The van der Waals surface area contributed by atoms with Gasteiger partial charge in [-0.25, -0.2) is 14.6 Å². The molecule has 0 unspecified atom stereocenters. The van der Waals surface area contributed by atoms with Crippen LogP contribution in [-0.4, -0.2) is 24.3 Å². The first-order chi connectivity index (χ1) is 14.0. The van der Waals surface area contributed by atoms with Crippen LogP contribution in [0.2, 0.25) is 0 Å². The predicted octanol–water partition coefficient (Wildman–Crippen LogP) is 5.68. The van der Waals surface area contributed by atoms with Crippen molar-refractivity contribution >= 4 is 22.1 Å². The third-order valence-corrected chi connectivity index (χ3v) is 4.44. The highest BCUT2D eigenvalue weighted by Gasteiger charge is 2.35. The Morgan fingerprint density at radius 1 is 0.933 bits per heavy atom. The Hall–Kier alpha value is -3.11. The molecule has 0 atom stereocenters. The van der Waals surface area contributed by atoms with E-state index in [0.717, 1.165) is 12.1 Å². The number of nitrogens with zero attached hydrogens (tertiary/aromatic N) is 5. The van der Waals surface area contributed by atoms with Crippen molar-refractivity contribution in [1.82, 2.24) is 24.3 Å². The third kappa shape index (κ3) is 3.48. The van der Waals surface area contributed by atoms with E-state index in [-0.39, 0.29) is 33.7 Å². The van der Waals surface area contributed by atoms with Crippen molar-refractivity contribution in [2.24, 2.45) is 7.05 Å². The minimum Gasteiger partial charge on any atom is -0.296 e. The second kappa shape index (κ2) is 7.29. The molecule has 0 saturated heterocycles. The van der Waals surface area contributed by atoms with Gasteiger partial charge in [0.2, 0.25) is 5.95 Å². The molecule has 0 radical (unpaired) electrons. The summed E-state index contributed by atoms with van der Waals surface area (Å²) >= 11 is 0. The molecule has 30 heavy (non-hydrogen) atoms. The van der Waals surface area contributed by atoms with Gasteiger partial charge in [-0.3, -0.25) is 4.57 Å². The Morgan fingerprint density at radius 2 is 1.60 bits per heavy atom. The summed E-state index contributed by atoms with van der Waals surface area (Å²) in [4.78, 5) is 7.92. The number of benzene rings is 1. The molecule has 3 aromatic heterocycles.